The maximum atomic E-state index is 12.2. The first-order chi connectivity index (χ1) is 15.3. The van der Waals surface area contributed by atoms with Crippen LogP contribution >= 0.6 is 0 Å². The van der Waals surface area contributed by atoms with Gasteiger partial charge >= 0.3 is 5.97 Å². The number of carbonyl (C=O) groups is 1. The topological polar surface area (TPSA) is 26.3 Å². The third kappa shape index (κ3) is 3.07. The Kier molecular flexibility index (Phi) is 5.19. The molecule has 0 saturated heterocycles. The molecule has 0 aromatic heterocycles. The normalized spacial score (nSPS) is 52.5. The van der Waals surface area contributed by atoms with Crippen LogP contribution < -0.4 is 0 Å². The maximum Gasteiger partial charge on any atom is 0.303 e. The predicted molar refractivity (Wildman–Crippen MR) is 136 cm³/mol. The van der Waals surface area contributed by atoms with Gasteiger partial charge in [0.25, 0.3) is 0 Å². The number of ether oxygens (including phenoxy) is 1. The molecular weight excluding hydrogens is 404 g/mol. The van der Waals surface area contributed by atoms with Gasteiger partial charge in [0.1, 0.15) is 6.10 Å². The van der Waals surface area contributed by atoms with E-state index in [1.165, 1.54) is 44.9 Å². The van der Waals surface area contributed by atoms with Gasteiger partial charge in [-0.3, -0.25) is 4.79 Å². The van der Waals surface area contributed by atoms with Crippen LogP contribution in [0.15, 0.2) is 23.8 Å². The van der Waals surface area contributed by atoms with E-state index in [-0.39, 0.29) is 33.7 Å². The second kappa shape index (κ2) is 7.23. The van der Waals surface area contributed by atoms with Gasteiger partial charge in [-0.1, -0.05) is 72.6 Å². The lowest BCUT2D eigenvalue weighted by Crippen LogP contribution is -2.65. The molecule has 0 spiro atoms. The molecule has 0 aliphatic heterocycles. The molecule has 0 aromatic carbocycles. The fourth-order valence-electron chi connectivity index (χ4n) is 10.3. The van der Waals surface area contributed by atoms with E-state index >= 15 is 0 Å². The van der Waals surface area contributed by atoms with Crippen molar-refractivity contribution in [2.45, 2.75) is 113 Å². The minimum atomic E-state index is -0.139. The van der Waals surface area contributed by atoms with E-state index in [1.807, 2.05) is 5.57 Å². The molecule has 5 aliphatic rings. The van der Waals surface area contributed by atoms with E-state index in [9.17, 15) is 4.79 Å². The first-order valence-corrected chi connectivity index (χ1v) is 13.8. The molecule has 184 valence electrons. The molecule has 2 nitrogen and oxygen atoms in total. The molecule has 0 amide bonds. The number of hydrogen-bond acceptors (Lipinski definition) is 2. The monoisotopic (exact) mass is 452 g/mol. The molecule has 0 bridgehead atoms. The molecule has 0 aromatic rings. The minimum Gasteiger partial charge on any atom is -0.458 e. The highest BCUT2D eigenvalue weighted by molar-refractivity contribution is 5.66. The van der Waals surface area contributed by atoms with E-state index in [1.54, 1.807) is 6.92 Å². The highest BCUT2D eigenvalue weighted by Crippen LogP contribution is 2.74. The van der Waals surface area contributed by atoms with Crippen molar-refractivity contribution in [2.75, 3.05) is 0 Å². The van der Waals surface area contributed by atoms with Crippen LogP contribution in [0.1, 0.15) is 107 Å². The van der Waals surface area contributed by atoms with E-state index in [0.717, 1.165) is 18.3 Å². The van der Waals surface area contributed by atoms with Crippen LogP contribution in [0, 0.1) is 50.7 Å². The van der Waals surface area contributed by atoms with Gasteiger partial charge in [-0.15, -0.1) is 0 Å². The summed E-state index contributed by atoms with van der Waals surface area (Å²) in [6, 6.07) is 0. The number of hydrogen-bond donors (Lipinski definition) is 0. The van der Waals surface area contributed by atoms with Crippen molar-refractivity contribution in [1.82, 2.24) is 0 Å². The summed E-state index contributed by atoms with van der Waals surface area (Å²) in [5.74, 6) is 2.55. The predicted octanol–water partition coefficient (Wildman–Crippen LogP) is 8.13. The molecule has 5 aliphatic carbocycles. The lowest BCUT2D eigenvalue weighted by atomic mass is 9.34. The van der Waals surface area contributed by atoms with Crippen molar-refractivity contribution >= 4 is 5.97 Å². The summed E-state index contributed by atoms with van der Waals surface area (Å²) in [4.78, 5) is 12.2. The lowest BCUT2D eigenvalue weighted by Gasteiger charge is -2.70. The Morgan fingerprint density at radius 3 is 2.39 bits per heavy atom. The van der Waals surface area contributed by atoms with Crippen molar-refractivity contribution in [1.29, 1.82) is 0 Å². The van der Waals surface area contributed by atoms with Crippen LogP contribution in [0.25, 0.3) is 0 Å². The molecule has 2 heteroatoms. The molecule has 9 atom stereocenters. The lowest BCUT2D eigenvalue weighted by molar-refractivity contribution is -0.202. The van der Waals surface area contributed by atoms with Gasteiger partial charge in [0.15, 0.2) is 0 Å². The summed E-state index contributed by atoms with van der Waals surface area (Å²) in [6.07, 6.45) is 17.8. The Morgan fingerprint density at radius 1 is 0.970 bits per heavy atom. The van der Waals surface area contributed by atoms with Gasteiger partial charge in [-0.2, -0.15) is 0 Å². The van der Waals surface area contributed by atoms with E-state index in [4.69, 9.17) is 4.74 Å². The summed E-state index contributed by atoms with van der Waals surface area (Å²) in [7, 11) is 0. The zero-order chi connectivity index (χ0) is 24.0. The van der Waals surface area contributed by atoms with E-state index < -0.39 is 0 Å². The van der Waals surface area contributed by atoms with Crippen LogP contribution in [-0.4, -0.2) is 12.1 Å². The Hall–Kier alpha value is -1.05. The van der Waals surface area contributed by atoms with Crippen LogP contribution in [-0.2, 0) is 9.53 Å². The van der Waals surface area contributed by atoms with Gasteiger partial charge in [0.2, 0.25) is 0 Å². The van der Waals surface area contributed by atoms with Crippen LogP contribution in [0.4, 0.5) is 0 Å². The van der Waals surface area contributed by atoms with Crippen LogP contribution in [0.5, 0.6) is 0 Å². The molecular formula is C31H48O2. The summed E-state index contributed by atoms with van der Waals surface area (Å²) < 4.78 is 6.09. The van der Waals surface area contributed by atoms with Crippen molar-refractivity contribution in [3.8, 4) is 0 Å². The van der Waals surface area contributed by atoms with E-state index in [2.05, 4.69) is 66.7 Å². The zero-order valence-corrected chi connectivity index (χ0v) is 22.6. The number of fused-ring (bicyclic) bond motifs is 7. The third-order valence-electron chi connectivity index (χ3n) is 12.5. The quantitative estimate of drug-likeness (QED) is 0.296. The Balaban J connectivity index is 1.61. The molecule has 3 saturated carbocycles. The standard InChI is InChI=1S/C31H48O2/c1-20-11-15-28(5)17-18-29(6)22(23(28)19-20)9-10-25-30(29,7)16-12-24-27(3,4)14-13-26(31(24,25)8)33-21(2)32/h9,13-14,20,23-26H,10-12,15-19H2,1-8H3/t20-,23?,24?,25?,26?,28-,29-,30-,31+/m1/s1. The van der Waals surface area contributed by atoms with Gasteiger partial charge in [0, 0.05) is 12.3 Å². The fraction of sp³-hybridized carbons (Fsp3) is 0.839. The largest absolute Gasteiger partial charge is 0.458 e. The molecule has 0 radical (unpaired) electrons. The number of carbonyl (C=O) groups excluding carboxylic acids is 1. The zero-order valence-electron chi connectivity index (χ0n) is 22.6. The second-order valence-electron chi connectivity index (χ2n) is 14.5. The first kappa shape index (κ1) is 23.7. The van der Waals surface area contributed by atoms with Crippen molar-refractivity contribution in [3.05, 3.63) is 23.8 Å². The van der Waals surface area contributed by atoms with Crippen molar-refractivity contribution in [2.24, 2.45) is 50.7 Å². The van der Waals surface area contributed by atoms with Crippen LogP contribution in [0.3, 0.4) is 0 Å². The Labute approximate surface area is 203 Å². The summed E-state index contributed by atoms with van der Waals surface area (Å²) in [5.41, 5.74) is 2.95. The first-order valence-electron chi connectivity index (χ1n) is 13.8. The van der Waals surface area contributed by atoms with Gasteiger partial charge in [-0.25, -0.2) is 0 Å². The molecule has 33 heavy (non-hydrogen) atoms. The Bertz CT molecular complexity index is 897. The Morgan fingerprint density at radius 2 is 1.70 bits per heavy atom. The van der Waals surface area contributed by atoms with Crippen LogP contribution in [0.2, 0.25) is 0 Å². The van der Waals surface area contributed by atoms with Gasteiger partial charge < -0.3 is 4.74 Å². The number of rotatable bonds is 1. The highest BCUT2D eigenvalue weighted by Gasteiger charge is 2.68. The molecule has 3 fully saturated rings. The SMILES string of the molecule is CC(=O)OC1C=CC(C)(C)C2CC[C@]3(C)C(CC=C4C5C[C@H](C)CC[C@]5(C)CC[C@]43C)[C@@]12C. The minimum absolute atomic E-state index is 0.0252. The number of esters is 1. The summed E-state index contributed by atoms with van der Waals surface area (Å²) in [5, 5.41) is 0. The smallest absolute Gasteiger partial charge is 0.303 e. The number of allylic oxidation sites excluding steroid dienone is 3. The summed E-state index contributed by atoms with van der Waals surface area (Å²) >= 11 is 0. The molecule has 0 N–H and O–H groups in total. The summed E-state index contributed by atoms with van der Waals surface area (Å²) in [6.45, 7) is 19.2. The van der Waals surface area contributed by atoms with Gasteiger partial charge in [0.05, 0.1) is 0 Å². The second-order valence-corrected chi connectivity index (χ2v) is 14.5. The van der Waals surface area contributed by atoms with E-state index in [0.29, 0.717) is 17.3 Å². The average molecular weight is 453 g/mol. The van der Waals surface area contributed by atoms with Crippen molar-refractivity contribution in [3.63, 3.8) is 0 Å². The highest BCUT2D eigenvalue weighted by atomic mass is 16.5. The fourth-order valence-corrected chi connectivity index (χ4v) is 10.3. The van der Waals surface area contributed by atoms with Crippen molar-refractivity contribution < 1.29 is 9.53 Å². The molecule has 4 unspecified atom stereocenters. The third-order valence-corrected chi connectivity index (χ3v) is 12.5. The average Bonchev–Trinajstić information content (AvgIpc) is 2.72. The molecule has 0 heterocycles. The maximum absolute atomic E-state index is 12.2. The van der Waals surface area contributed by atoms with Gasteiger partial charge in [-0.05, 0) is 96.4 Å². The molecule has 5 rings (SSSR count).